The first-order chi connectivity index (χ1) is 6.31. The van der Waals surface area contributed by atoms with Gasteiger partial charge in [-0.1, -0.05) is 6.58 Å². The molecule has 2 aliphatic rings. The van der Waals surface area contributed by atoms with Crippen molar-refractivity contribution in [1.82, 2.24) is 10.2 Å². The highest BCUT2D eigenvalue weighted by Gasteiger charge is 2.35. The van der Waals surface area contributed by atoms with Crippen molar-refractivity contribution in [1.29, 1.82) is 0 Å². The quantitative estimate of drug-likeness (QED) is 0.592. The van der Waals surface area contributed by atoms with Crippen molar-refractivity contribution in [3.05, 3.63) is 12.7 Å². The Kier molecular flexibility index (Phi) is 2.36. The van der Waals surface area contributed by atoms with E-state index in [2.05, 4.69) is 11.9 Å². The fraction of sp³-hybridized carbons (Fsp3) is 0.700. The van der Waals surface area contributed by atoms with Crippen LogP contribution in [0.5, 0.6) is 0 Å². The summed E-state index contributed by atoms with van der Waals surface area (Å²) in [5, 5.41) is 3.46. The van der Waals surface area contributed by atoms with Crippen LogP contribution >= 0.6 is 0 Å². The smallest absolute Gasteiger partial charge is 0.246 e. The molecular weight excluding hydrogens is 164 g/mol. The maximum Gasteiger partial charge on any atom is 0.246 e. The number of fused-ring (bicyclic) bond motifs is 1. The van der Waals surface area contributed by atoms with Crippen LogP contribution in [0, 0.1) is 5.92 Å². The number of nitrogens with one attached hydrogen (secondary N) is 1. The van der Waals surface area contributed by atoms with Crippen LogP contribution in [0.4, 0.5) is 0 Å². The van der Waals surface area contributed by atoms with Crippen molar-refractivity contribution in [2.24, 2.45) is 5.92 Å². The van der Waals surface area contributed by atoms with E-state index >= 15 is 0 Å². The predicted molar refractivity (Wildman–Crippen MR) is 51.3 cm³/mol. The zero-order chi connectivity index (χ0) is 9.26. The van der Waals surface area contributed by atoms with E-state index in [-0.39, 0.29) is 5.91 Å². The molecule has 0 aliphatic carbocycles. The Morgan fingerprint density at radius 2 is 2.38 bits per heavy atom. The summed E-state index contributed by atoms with van der Waals surface area (Å²) in [7, 11) is 0. The SMILES string of the molecule is C=CC(=O)N1C[C@@H]2CCCN[C@@H]2C1. The Hall–Kier alpha value is -0.830. The lowest BCUT2D eigenvalue weighted by Crippen LogP contribution is -2.40. The summed E-state index contributed by atoms with van der Waals surface area (Å²) in [6.07, 6.45) is 3.92. The lowest BCUT2D eigenvalue weighted by atomic mass is 9.94. The van der Waals surface area contributed by atoms with E-state index in [4.69, 9.17) is 0 Å². The molecule has 72 valence electrons. The number of likely N-dealkylation sites (tertiary alicyclic amines) is 1. The molecular formula is C10H16N2O. The molecule has 0 aromatic carbocycles. The molecule has 2 heterocycles. The van der Waals surface area contributed by atoms with Gasteiger partial charge in [0.25, 0.3) is 0 Å². The molecule has 0 aromatic rings. The van der Waals surface area contributed by atoms with Gasteiger partial charge in [0.15, 0.2) is 0 Å². The summed E-state index contributed by atoms with van der Waals surface area (Å²) in [5.74, 6) is 0.758. The number of hydrogen-bond donors (Lipinski definition) is 1. The third-order valence-electron chi connectivity index (χ3n) is 3.09. The first-order valence-electron chi connectivity index (χ1n) is 4.96. The number of carbonyl (C=O) groups is 1. The van der Waals surface area contributed by atoms with Gasteiger partial charge in [-0.3, -0.25) is 4.79 Å². The zero-order valence-corrected chi connectivity index (χ0v) is 7.83. The highest BCUT2D eigenvalue weighted by atomic mass is 16.2. The monoisotopic (exact) mass is 180 g/mol. The van der Waals surface area contributed by atoms with E-state index in [0.29, 0.717) is 12.0 Å². The van der Waals surface area contributed by atoms with Gasteiger partial charge < -0.3 is 10.2 Å². The maximum atomic E-state index is 11.3. The van der Waals surface area contributed by atoms with Crippen molar-refractivity contribution in [3.63, 3.8) is 0 Å². The third kappa shape index (κ3) is 1.61. The molecule has 2 atom stereocenters. The van der Waals surface area contributed by atoms with E-state index < -0.39 is 0 Å². The number of nitrogens with zero attached hydrogens (tertiary/aromatic N) is 1. The van der Waals surface area contributed by atoms with Gasteiger partial charge >= 0.3 is 0 Å². The minimum Gasteiger partial charge on any atom is -0.337 e. The number of hydrogen-bond acceptors (Lipinski definition) is 2. The number of rotatable bonds is 1. The molecule has 2 rings (SSSR count). The molecule has 2 fully saturated rings. The van der Waals surface area contributed by atoms with Gasteiger partial charge in [-0.25, -0.2) is 0 Å². The fourth-order valence-corrected chi connectivity index (χ4v) is 2.36. The van der Waals surface area contributed by atoms with E-state index in [9.17, 15) is 4.79 Å². The van der Waals surface area contributed by atoms with Gasteiger partial charge in [0.2, 0.25) is 5.91 Å². The molecule has 1 N–H and O–H groups in total. The second-order valence-electron chi connectivity index (χ2n) is 3.91. The van der Waals surface area contributed by atoms with Crippen molar-refractivity contribution < 1.29 is 4.79 Å². The van der Waals surface area contributed by atoms with Crippen LogP contribution in [0.3, 0.4) is 0 Å². The summed E-state index contributed by atoms with van der Waals surface area (Å²) in [5.41, 5.74) is 0. The fourth-order valence-electron chi connectivity index (χ4n) is 2.36. The second-order valence-corrected chi connectivity index (χ2v) is 3.91. The van der Waals surface area contributed by atoms with Gasteiger partial charge in [0.05, 0.1) is 0 Å². The van der Waals surface area contributed by atoms with Crippen molar-refractivity contribution in [2.75, 3.05) is 19.6 Å². The highest BCUT2D eigenvalue weighted by Crippen LogP contribution is 2.24. The number of piperidine rings is 1. The summed E-state index contributed by atoms with van der Waals surface area (Å²) in [4.78, 5) is 13.2. The van der Waals surface area contributed by atoms with Crippen LogP contribution in [0.2, 0.25) is 0 Å². The van der Waals surface area contributed by atoms with Crippen LogP contribution < -0.4 is 5.32 Å². The Labute approximate surface area is 78.8 Å². The van der Waals surface area contributed by atoms with E-state index in [1.54, 1.807) is 0 Å². The lowest BCUT2D eigenvalue weighted by Gasteiger charge is -2.24. The standard InChI is InChI=1S/C10H16N2O/c1-2-10(13)12-6-8-4-3-5-11-9(8)7-12/h2,8-9,11H,1,3-7H2/t8-,9+/m0/s1. The first kappa shape index (κ1) is 8.75. The summed E-state index contributed by atoms with van der Waals surface area (Å²) in [6.45, 7) is 6.41. The van der Waals surface area contributed by atoms with E-state index in [1.807, 2.05) is 4.90 Å². The largest absolute Gasteiger partial charge is 0.337 e. The van der Waals surface area contributed by atoms with Gasteiger partial charge in [-0.05, 0) is 31.4 Å². The Morgan fingerprint density at radius 1 is 1.54 bits per heavy atom. The lowest BCUT2D eigenvalue weighted by molar-refractivity contribution is -0.125. The molecule has 3 nitrogen and oxygen atoms in total. The Bertz CT molecular complexity index is 213. The van der Waals surface area contributed by atoms with Gasteiger partial charge in [0.1, 0.15) is 0 Å². The first-order valence-corrected chi connectivity index (χ1v) is 4.96. The summed E-state index contributed by atoms with van der Waals surface area (Å²) in [6, 6.07) is 0.539. The maximum absolute atomic E-state index is 11.3. The molecule has 0 saturated carbocycles. The molecule has 2 saturated heterocycles. The number of amides is 1. The Morgan fingerprint density at radius 3 is 3.08 bits per heavy atom. The van der Waals surface area contributed by atoms with E-state index in [0.717, 1.165) is 19.6 Å². The van der Waals surface area contributed by atoms with Gasteiger partial charge in [0, 0.05) is 19.1 Å². The van der Waals surface area contributed by atoms with Gasteiger partial charge in [-0.2, -0.15) is 0 Å². The average Bonchev–Trinajstić information content (AvgIpc) is 2.59. The van der Waals surface area contributed by atoms with Gasteiger partial charge in [-0.15, -0.1) is 0 Å². The third-order valence-corrected chi connectivity index (χ3v) is 3.09. The molecule has 1 amide bonds. The molecule has 0 unspecified atom stereocenters. The molecule has 3 heteroatoms. The molecule has 0 radical (unpaired) electrons. The average molecular weight is 180 g/mol. The second kappa shape index (κ2) is 3.50. The van der Waals surface area contributed by atoms with Crippen LogP contribution in [0.1, 0.15) is 12.8 Å². The molecule has 0 aromatic heterocycles. The van der Waals surface area contributed by atoms with E-state index in [1.165, 1.54) is 18.9 Å². The van der Waals surface area contributed by atoms with Crippen molar-refractivity contribution >= 4 is 5.91 Å². The minimum atomic E-state index is 0.0798. The van der Waals surface area contributed by atoms with Crippen molar-refractivity contribution in [3.8, 4) is 0 Å². The zero-order valence-electron chi connectivity index (χ0n) is 7.83. The molecule has 0 bridgehead atoms. The normalized spacial score (nSPS) is 32.8. The molecule has 2 aliphatic heterocycles. The Balaban J connectivity index is 1.98. The summed E-state index contributed by atoms with van der Waals surface area (Å²) >= 11 is 0. The summed E-state index contributed by atoms with van der Waals surface area (Å²) < 4.78 is 0. The topological polar surface area (TPSA) is 32.3 Å². The highest BCUT2D eigenvalue weighted by molar-refractivity contribution is 5.87. The van der Waals surface area contributed by atoms with Crippen LogP contribution in [0.15, 0.2) is 12.7 Å². The van der Waals surface area contributed by atoms with Crippen LogP contribution in [-0.4, -0.2) is 36.5 Å². The predicted octanol–water partition coefficient (Wildman–Crippen LogP) is 0.383. The number of carbonyl (C=O) groups excluding carboxylic acids is 1. The van der Waals surface area contributed by atoms with Crippen LogP contribution in [-0.2, 0) is 4.79 Å². The minimum absolute atomic E-state index is 0.0798. The molecule has 13 heavy (non-hydrogen) atoms. The van der Waals surface area contributed by atoms with Crippen LogP contribution in [0.25, 0.3) is 0 Å². The van der Waals surface area contributed by atoms with Crippen molar-refractivity contribution in [2.45, 2.75) is 18.9 Å². The molecule has 0 spiro atoms.